The van der Waals surface area contributed by atoms with Gasteiger partial charge in [0.1, 0.15) is 24.3 Å². The highest BCUT2D eigenvalue weighted by atomic mass is 32.2. The van der Waals surface area contributed by atoms with E-state index >= 15 is 0 Å². The summed E-state index contributed by atoms with van der Waals surface area (Å²) in [6.45, 7) is 5.49. The number of ether oxygens (including phenoxy) is 2. The van der Waals surface area contributed by atoms with Gasteiger partial charge in [-0.3, -0.25) is 4.79 Å². The molecule has 0 aromatic heterocycles. The number of carbonyl (C=O) groups is 3. The second-order valence-electron chi connectivity index (χ2n) is 9.87. The van der Waals surface area contributed by atoms with E-state index in [-0.39, 0.29) is 12.5 Å². The fourth-order valence-electron chi connectivity index (χ4n) is 4.02. The second-order valence-corrected chi connectivity index (χ2v) is 10.9. The number of hydrogen-bond donors (Lipinski definition) is 2. The van der Waals surface area contributed by atoms with Crippen LogP contribution in [-0.2, 0) is 25.7 Å². The minimum atomic E-state index is -0.780. The van der Waals surface area contributed by atoms with E-state index in [9.17, 15) is 14.4 Å². The molecule has 1 aliphatic carbocycles. The number of esters is 1. The molecule has 34 heavy (non-hydrogen) atoms. The largest absolute Gasteiger partial charge is 0.459 e. The summed E-state index contributed by atoms with van der Waals surface area (Å²) in [4.78, 5) is 38.6. The van der Waals surface area contributed by atoms with Crippen molar-refractivity contribution in [3.63, 3.8) is 0 Å². The Morgan fingerprint density at radius 3 is 2.32 bits per heavy atom. The third kappa shape index (κ3) is 10.8. The Kier molecular flexibility index (Phi) is 11.7. The molecule has 1 saturated carbocycles. The quantitative estimate of drug-likeness (QED) is 0.430. The van der Waals surface area contributed by atoms with Crippen LogP contribution in [0.2, 0.25) is 0 Å². The van der Waals surface area contributed by atoms with Gasteiger partial charge in [0, 0.05) is 0 Å². The lowest BCUT2D eigenvalue weighted by molar-refractivity contribution is -0.149. The number of nitrogens with one attached hydrogen (secondary N) is 2. The van der Waals surface area contributed by atoms with Crippen molar-refractivity contribution in [3.8, 4) is 0 Å². The lowest BCUT2D eigenvalue weighted by atomic mass is 9.84. The maximum atomic E-state index is 13.3. The first kappa shape index (κ1) is 28.0. The van der Waals surface area contributed by atoms with Crippen LogP contribution in [0.25, 0.3) is 0 Å². The molecule has 1 aliphatic rings. The van der Waals surface area contributed by atoms with E-state index in [0.29, 0.717) is 24.5 Å². The van der Waals surface area contributed by atoms with Gasteiger partial charge in [0.2, 0.25) is 5.91 Å². The van der Waals surface area contributed by atoms with Gasteiger partial charge in [-0.05, 0) is 57.1 Å². The molecule has 2 rings (SSSR count). The van der Waals surface area contributed by atoms with Crippen LogP contribution in [0.3, 0.4) is 0 Å². The third-order valence-corrected chi connectivity index (χ3v) is 6.38. The predicted octanol–water partition coefficient (Wildman–Crippen LogP) is 4.83. The van der Waals surface area contributed by atoms with E-state index in [1.165, 1.54) is 6.42 Å². The number of alkyl carbamates (subject to hydrolysis) is 1. The zero-order valence-electron chi connectivity index (χ0n) is 20.9. The molecule has 0 aliphatic heterocycles. The minimum absolute atomic E-state index is 0.146. The Morgan fingerprint density at radius 1 is 1.03 bits per heavy atom. The highest BCUT2D eigenvalue weighted by molar-refractivity contribution is 7.98. The smallest absolute Gasteiger partial charge is 0.408 e. The second kappa shape index (κ2) is 14.2. The average molecular weight is 493 g/mol. The van der Waals surface area contributed by atoms with Crippen molar-refractivity contribution in [2.75, 3.05) is 12.0 Å². The van der Waals surface area contributed by atoms with Gasteiger partial charge in [-0.15, -0.1) is 0 Å². The lowest BCUT2D eigenvalue weighted by Gasteiger charge is -2.29. The highest BCUT2D eigenvalue weighted by Crippen LogP contribution is 2.27. The highest BCUT2D eigenvalue weighted by Gasteiger charge is 2.31. The van der Waals surface area contributed by atoms with Crippen LogP contribution in [0.5, 0.6) is 0 Å². The number of carbonyl (C=O) groups excluding carboxylic acids is 3. The van der Waals surface area contributed by atoms with Crippen LogP contribution in [0.4, 0.5) is 4.79 Å². The summed E-state index contributed by atoms with van der Waals surface area (Å²) in [6.07, 6.45) is 7.84. The lowest BCUT2D eigenvalue weighted by Crippen LogP contribution is -2.53. The van der Waals surface area contributed by atoms with Crippen LogP contribution >= 0.6 is 11.8 Å². The van der Waals surface area contributed by atoms with Crippen LogP contribution in [0.1, 0.15) is 71.3 Å². The van der Waals surface area contributed by atoms with Crippen LogP contribution in [0.15, 0.2) is 30.3 Å². The van der Waals surface area contributed by atoms with Gasteiger partial charge in [0.15, 0.2) is 0 Å². The van der Waals surface area contributed by atoms with Crippen molar-refractivity contribution in [2.45, 2.75) is 90.0 Å². The number of rotatable bonds is 11. The normalized spacial score (nSPS) is 16.2. The molecule has 0 bridgehead atoms. The predicted molar refractivity (Wildman–Crippen MR) is 136 cm³/mol. The number of amides is 2. The number of benzene rings is 1. The maximum Gasteiger partial charge on any atom is 0.408 e. The van der Waals surface area contributed by atoms with E-state index in [1.807, 2.05) is 36.6 Å². The Balaban J connectivity index is 2.05. The van der Waals surface area contributed by atoms with Crippen molar-refractivity contribution in [2.24, 2.45) is 5.92 Å². The van der Waals surface area contributed by atoms with Crippen LogP contribution in [0, 0.1) is 5.92 Å². The van der Waals surface area contributed by atoms with Gasteiger partial charge in [-0.1, -0.05) is 62.4 Å². The summed E-state index contributed by atoms with van der Waals surface area (Å²) in [5, 5.41) is 5.60. The number of hydrogen-bond acceptors (Lipinski definition) is 6. The molecular weight excluding hydrogens is 452 g/mol. The molecule has 2 N–H and O–H groups in total. The fraction of sp³-hybridized carbons (Fsp3) is 0.654. The Hall–Kier alpha value is -2.22. The summed E-state index contributed by atoms with van der Waals surface area (Å²) in [5.74, 6) is 0.200. The van der Waals surface area contributed by atoms with E-state index < -0.39 is 29.7 Å². The van der Waals surface area contributed by atoms with E-state index in [1.54, 1.807) is 32.5 Å². The summed E-state index contributed by atoms with van der Waals surface area (Å²) < 4.78 is 10.9. The van der Waals surface area contributed by atoms with Gasteiger partial charge in [0.25, 0.3) is 0 Å². The van der Waals surface area contributed by atoms with Gasteiger partial charge in [-0.2, -0.15) is 11.8 Å². The zero-order valence-corrected chi connectivity index (χ0v) is 21.7. The van der Waals surface area contributed by atoms with E-state index in [0.717, 1.165) is 31.2 Å². The minimum Gasteiger partial charge on any atom is -0.459 e. The molecular formula is C26H40N2O5S. The molecule has 0 radical (unpaired) electrons. The van der Waals surface area contributed by atoms with Crippen molar-refractivity contribution >= 4 is 29.7 Å². The monoisotopic (exact) mass is 492 g/mol. The van der Waals surface area contributed by atoms with Gasteiger partial charge in [0.05, 0.1) is 0 Å². The van der Waals surface area contributed by atoms with Crippen molar-refractivity contribution in [1.29, 1.82) is 0 Å². The summed E-state index contributed by atoms with van der Waals surface area (Å²) >= 11 is 1.59. The summed E-state index contributed by atoms with van der Waals surface area (Å²) in [7, 11) is 0. The van der Waals surface area contributed by atoms with Crippen molar-refractivity contribution in [3.05, 3.63) is 35.9 Å². The SMILES string of the molecule is CSCC[C@H](NC(=O)[C@H](CC1CCCCC1)NC(=O)OC(C)(C)C)C(=O)OCc1ccccc1. The molecule has 2 amide bonds. The fourth-order valence-corrected chi connectivity index (χ4v) is 4.50. The molecule has 7 nitrogen and oxygen atoms in total. The Morgan fingerprint density at radius 2 is 1.71 bits per heavy atom. The first-order chi connectivity index (χ1) is 16.2. The standard InChI is InChI=1S/C26H40N2O5S/c1-26(2,3)33-25(31)28-22(17-19-11-7-5-8-12-19)23(29)27-21(15-16-34-4)24(30)32-18-20-13-9-6-10-14-20/h6,9-10,13-14,19,21-22H,5,7-8,11-12,15-18H2,1-4H3,(H,27,29)(H,28,31)/t21-,22-/m0/s1. The number of thioether (sulfide) groups is 1. The third-order valence-electron chi connectivity index (χ3n) is 5.74. The molecule has 1 aromatic rings. The van der Waals surface area contributed by atoms with E-state index in [4.69, 9.17) is 9.47 Å². The maximum absolute atomic E-state index is 13.3. The average Bonchev–Trinajstić information content (AvgIpc) is 2.79. The van der Waals surface area contributed by atoms with Crippen LogP contribution < -0.4 is 10.6 Å². The molecule has 2 atom stereocenters. The Bertz CT molecular complexity index is 775. The van der Waals surface area contributed by atoms with Gasteiger partial charge >= 0.3 is 12.1 Å². The molecule has 0 saturated heterocycles. The van der Waals surface area contributed by atoms with Crippen LogP contribution in [-0.4, -0.2) is 47.7 Å². The summed E-state index contributed by atoms with van der Waals surface area (Å²) in [6, 6.07) is 7.88. The molecule has 190 valence electrons. The van der Waals surface area contributed by atoms with Gasteiger partial charge < -0.3 is 20.1 Å². The Labute approximate surface area is 208 Å². The summed E-state index contributed by atoms with van der Waals surface area (Å²) in [5.41, 5.74) is 0.213. The topological polar surface area (TPSA) is 93.7 Å². The first-order valence-corrected chi connectivity index (χ1v) is 13.6. The van der Waals surface area contributed by atoms with Gasteiger partial charge in [-0.25, -0.2) is 9.59 Å². The first-order valence-electron chi connectivity index (χ1n) is 12.2. The molecule has 1 fully saturated rings. The molecule has 1 aromatic carbocycles. The molecule has 8 heteroatoms. The van der Waals surface area contributed by atoms with Crippen molar-refractivity contribution in [1.82, 2.24) is 10.6 Å². The molecule has 0 unspecified atom stereocenters. The molecule has 0 spiro atoms. The van der Waals surface area contributed by atoms with Crippen molar-refractivity contribution < 1.29 is 23.9 Å². The van der Waals surface area contributed by atoms with E-state index in [2.05, 4.69) is 10.6 Å². The molecule has 0 heterocycles. The zero-order chi connectivity index (χ0) is 25.0.